The van der Waals surface area contributed by atoms with Crippen molar-refractivity contribution in [3.63, 3.8) is 0 Å². The molecule has 2 aromatic carbocycles. The molecule has 0 atom stereocenters. The zero-order chi connectivity index (χ0) is 20.6. The number of benzene rings is 2. The molecule has 5 aromatic rings. The summed E-state index contributed by atoms with van der Waals surface area (Å²) in [7, 11) is 0. The van der Waals surface area contributed by atoms with Gasteiger partial charge in [0, 0.05) is 42.9 Å². The number of nitrogens with one attached hydrogen (secondary N) is 1. The Morgan fingerprint density at radius 1 is 1.03 bits per heavy atom. The molecule has 1 fully saturated rings. The molecule has 0 amide bonds. The Morgan fingerprint density at radius 2 is 1.90 bits per heavy atom. The van der Waals surface area contributed by atoms with Crippen LogP contribution in [0.4, 0.5) is 5.82 Å². The second kappa shape index (κ2) is 7.52. The number of aromatic amines is 1. The number of hydrogen-bond donors (Lipinski definition) is 1. The van der Waals surface area contributed by atoms with E-state index < -0.39 is 0 Å². The smallest absolute Gasteiger partial charge is 0.181 e. The number of rotatable bonds is 4. The summed E-state index contributed by atoms with van der Waals surface area (Å²) in [5, 5.41) is 8.29. The zero-order valence-electron chi connectivity index (χ0n) is 17.0. The molecule has 154 valence electrons. The number of aromatic nitrogens is 5. The van der Waals surface area contributed by atoms with Gasteiger partial charge in [0.2, 0.25) is 0 Å². The minimum Gasteiger partial charge on any atom is -0.378 e. The molecule has 1 saturated heterocycles. The lowest BCUT2D eigenvalue weighted by Crippen LogP contribution is -2.37. The van der Waals surface area contributed by atoms with Gasteiger partial charge in [0.1, 0.15) is 0 Å². The molecule has 7 heteroatoms. The molecule has 7 nitrogen and oxygen atoms in total. The lowest BCUT2D eigenvalue weighted by atomic mass is 10.0. The highest BCUT2D eigenvalue weighted by Crippen LogP contribution is 2.32. The summed E-state index contributed by atoms with van der Waals surface area (Å²) in [5.74, 6) is 0.913. The fourth-order valence-electron chi connectivity index (χ4n) is 4.32. The van der Waals surface area contributed by atoms with Crippen LogP contribution in [0.15, 0.2) is 67.1 Å². The summed E-state index contributed by atoms with van der Waals surface area (Å²) < 4.78 is 7.72. The van der Waals surface area contributed by atoms with E-state index in [9.17, 15) is 0 Å². The van der Waals surface area contributed by atoms with Crippen LogP contribution in [0.2, 0.25) is 0 Å². The maximum absolute atomic E-state index is 5.54. The van der Waals surface area contributed by atoms with Crippen molar-refractivity contribution in [2.45, 2.75) is 6.42 Å². The Balaban J connectivity index is 1.55. The van der Waals surface area contributed by atoms with Gasteiger partial charge in [-0.05, 0) is 17.7 Å². The van der Waals surface area contributed by atoms with E-state index in [1.54, 1.807) is 0 Å². The third-order valence-electron chi connectivity index (χ3n) is 5.83. The number of fused-ring (bicyclic) bond motifs is 2. The molecule has 1 aliphatic rings. The van der Waals surface area contributed by atoms with Crippen LogP contribution < -0.4 is 4.90 Å². The summed E-state index contributed by atoms with van der Waals surface area (Å²) in [5.41, 5.74) is 6.40. The van der Waals surface area contributed by atoms with Gasteiger partial charge in [0.15, 0.2) is 11.5 Å². The van der Waals surface area contributed by atoms with Crippen LogP contribution in [-0.2, 0) is 11.2 Å². The van der Waals surface area contributed by atoms with Gasteiger partial charge < -0.3 is 9.64 Å². The van der Waals surface area contributed by atoms with Gasteiger partial charge in [-0.1, -0.05) is 36.4 Å². The molecule has 0 saturated carbocycles. The van der Waals surface area contributed by atoms with Crippen molar-refractivity contribution in [3.05, 3.63) is 78.4 Å². The molecule has 0 spiro atoms. The van der Waals surface area contributed by atoms with Crippen molar-refractivity contribution in [1.29, 1.82) is 0 Å². The van der Waals surface area contributed by atoms with E-state index >= 15 is 0 Å². The van der Waals surface area contributed by atoms with Crippen LogP contribution in [0.5, 0.6) is 0 Å². The largest absolute Gasteiger partial charge is 0.378 e. The van der Waals surface area contributed by atoms with Crippen LogP contribution in [-0.4, -0.2) is 50.9 Å². The maximum Gasteiger partial charge on any atom is 0.181 e. The third-order valence-corrected chi connectivity index (χ3v) is 5.83. The normalized spacial score (nSPS) is 14.5. The van der Waals surface area contributed by atoms with Gasteiger partial charge in [0.25, 0.3) is 0 Å². The Labute approximate surface area is 179 Å². The average molecular weight is 410 g/mol. The molecular weight excluding hydrogens is 388 g/mol. The molecule has 31 heavy (non-hydrogen) atoms. The molecule has 0 bridgehead atoms. The fourth-order valence-corrected chi connectivity index (χ4v) is 4.32. The van der Waals surface area contributed by atoms with Gasteiger partial charge in [-0.15, -0.1) is 0 Å². The van der Waals surface area contributed by atoms with E-state index in [0.29, 0.717) is 13.2 Å². The Kier molecular flexibility index (Phi) is 4.39. The lowest BCUT2D eigenvalue weighted by molar-refractivity contribution is 0.122. The number of imidazole rings is 1. The predicted molar refractivity (Wildman–Crippen MR) is 120 cm³/mol. The fraction of sp³-hybridized carbons (Fsp3) is 0.208. The first-order valence-corrected chi connectivity index (χ1v) is 10.5. The monoisotopic (exact) mass is 410 g/mol. The second-order valence-corrected chi connectivity index (χ2v) is 7.79. The third kappa shape index (κ3) is 3.23. The first kappa shape index (κ1) is 18.1. The molecular formula is C24H22N6O. The van der Waals surface area contributed by atoms with Crippen molar-refractivity contribution in [2.24, 2.45) is 0 Å². The average Bonchev–Trinajstić information content (AvgIpc) is 3.43. The first-order chi connectivity index (χ1) is 15.4. The topological polar surface area (TPSA) is 71.3 Å². The number of hydrogen-bond acceptors (Lipinski definition) is 5. The number of ether oxygens (including phenoxy) is 1. The van der Waals surface area contributed by atoms with Gasteiger partial charge in [0.05, 0.1) is 36.3 Å². The van der Waals surface area contributed by atoms with Crippen LogP contribution in [0.3, 0.4) is 0 Å². The minimum atomic E-state index is 0.713. The highest BCUT2D eigenvalue weighted by Gasteiger charge is 2.22. The van der Waals surface area contributed by atoms with Crippen molar-refractivity contribution >= 4 is 22.4 Å². The van der Waals surface area contributed by atoms with Crippen molar-refractivity contribution in [2.75, 3.05) is 31.2 Å². The summed E-state index contributed by atoms with van der Waals surface area (Å²) in [4.78, 5) is 12.1. The Bertz CT molecular complexity index is 1350. The lowest BCUT2D eigenvalue weighted by Gasteiger charge is -2.27. The predicted octanol–water partition coefficient (Wildman–Crippen LogP) is 3.70. The van der Waals surface area contributed by atoms with Crippen LogP contribution in [0, 0.1) is 0 Å². The van der Waals surface area contributed by atoms with Gasteiger partial charge in [-0.3, -0.25) is 9.50 Å². The second-order valence-electron chi connectivity index (χ2n) is 7.79. The van der Waals surface area contributed by atoms with Gasteiger partial charge >= 0.3 is 0 Å². The van der Waals surface area contributed by atoms with Crippen LogP contribution >= 0.6 is 0 Å². The molecule has 3 aromatic heterocycles. The van der Waals surface area contributed by atoms with Gasteiger partial charge in [-0.25, -0.2) is 9.97 Å². The molecule has 0 aliphatic carbocycles. The molecule has 4 heterocycles. The van der Waals surface area contributed by atoms with E-state index in [0.717, 1.165) is 58.8 Å². The van der Waals surface area contributed by atoms with E-state index in [1.165, 1.54) is 5.56 Å². The van der Waals surface area contributed by atoms with Crippen molar-refractivity contribution < 1.29 is 4.74 Å². The Hall–Kier alpha value is -3.71. The number of anilines is 1. The first-order valence-electron chi connectivity index (χ1n) is 10.5. The van der Waals surface area contributed by atoms with E-state index in [-0.39, 0.29) is 0 Å². The van der Waals surface area contributed by atoms with Crippen LogP contribution in [0.1, 0.15) is 11.3 Å². The SMILES string of the molecule is c1ccc(Cc2nc3c(N4CCOCC4)nccn3c2-c2ccc3[nH]ncc3c2)cc1. The molecule has 1 N–H and O–H groups in total. The van der Waals surface area contributed by atoms with E-state index in [4.69, 9.17) is 14.7 Å². The van der Waals surface area contributed by atoms with Gasteiger partial charge in [-0.2, -0.15) is 5.10 Å². The molecule has 6 rings (SSSR count). The minimum absolute atomic E-state index is 0.713. The summed E-state index contributed by atoms with van der Waals surface area (Å²) >= 11 is 0. The Morgan fingerprint density at radius 3 is 2.77 bits per heavy atom. The molecule has 1 aliphatic heterocycles. The molecule has 0 unspecified atom stereocenters. The van der Waals surface area contributed by atoms with E-state index in [1.807, 2.05) is 24.7 Å². The zero-order valence-corrected chi connectivity index (χ0v) is 17.0. The van der Waals surface area contributed by atoms with Crippen molar-refractivity contribution in [3.8, 4) is 11.3 Å². The number of H-pyrrole nitrogens is 1. The summed E-state index contributed by atoms with van der Waals surface area (Å²) in [6.45, 7) is 3.07. The number of morpholine rings is 1. The quantitative estimate of drug-likeness (QED) is 0.489. The highest BCUT2D eigenvalue weighted by molar-refractivity contribution is 5.85. The number of nitrogens with zero attached hydrogens (tertiary/aromatic N) is 5. The standard InChI is InChI=1S/C24H22N6O/c1-2-4-17(5-3-1)14-21-22(18-6-7-20-19(15-18)16-26-28-20)30-9-8-25-23(24(30)27-21)29-10-12-31-13-11-29/h1-9,15-16H,10-14H2,(H,26,28). The van der Waals surface area contributed by atoms with Crippen molar-refractivity contribution in [1.82, 2.24) is 24.6 Å². The maximum atomic E-state index is 5.54. The molecule has 0 radical (unpaired) electrons. The summed E-state index contributed by atoms with van der Waals surface area (Å²) in [6.07, 6.45) is 6.49. The van der Waals surface area contributed by atoms with Crippen LogP contribution in [0.25, 0.3) is 27.8 Å². The summed E-state index contributed by atoms with van der Waals surface area (Å²) in [6, 6.07) is 16.9. The van der Waals surface area contributed by atoms with E-state index in [2.05, 4.69) is 62.0 Å². The highest BCUT2D eigenvalue weighted by atomic mass is 16.5.